The van der Waals surface area contributed by atoms with Crippen LogP contribution >= 0.6 is 23.2 Å². The Labute approximate surface area is 111 Å². The molecule has 1 aromatic rings. The highest BCUT2D eigenvalue weighted by atomic mass is 35.5. The number of rotatable bonds is 2. The Balaban J connectivity index is 3.40. The summed E-state index contributed by atoms with van der Waals surface area (Å²) in [5.41, 5.74) is 15.0. The number of guanidine groups is 2. The first-order valence-electron chi connectivity index (χ1n) is 4.38. The second-order valence-electron chi connectivity index (χ2n) is 3.02. The van der Waals surface area contributed by atoms with Crippen LogP contribution in [0.3, 0.4) is 0 Å². The summed E-state index contributed by atoms with van der Waals surface area (Å²) in [4.78, 5) is 17.2. The Kier molecular flexibility index (Phi) is 4.29. The number of nitro benzene ring substituents is 1. The average molecular weight is 291 g/mol. The quantitative estimate of drug-likeness (QED) is 0.323. The van der Waals surface area contributed by atoms with Crippen molar-refractivity contribution in [1.29, 1.82) is 0 Å². The van der Waals surface area contributed by atoms with Crippen molar-refractivity contribution in [3.63, 3.8) is 0 Å². The van der Waals surface area contributed by atoms with Crippen LogP contribution in [0.25, 0.3) is 0 Å². The topological polar surface area (TPSA) is 146 Å². The summed E-state index contributed by atoms with van der Waals surface area (Å²) in [6, 6.07) is 2.38. The zero-order valence-corrected chi connectivity index (χ0v) is 10.3. The molecule has 0 saturated heterocycles. The van der Waals surface area contributed by atoms with Crippen molar-refractivity contribution in [3.05, 3.63) is 32.3 Å². The summed E-state index contributed by atoms with van der Waals surface area (Å²) in [5, 5.41) is 10.9. The number of benzene rings is 1. The van der Waals surface area contributed by atoms with E-state index in [-0.39, 0.29) is 27.7 Å². The molecule has 96 valence electrons. The van der Waals surface area contributed by atoms with E-state index in [1.807, 2.05) is 0 Å². The molecule has 0 atom stereocenters. The minimum atomic E-state index is -0.695. The van der Waals surface area contributed by atoms with E-state index in [1.165, 1.54) is 6.07 Å². The fourth-order valence-corrected chi connectivity index (χ4v) is 1.60. The molecule has 0 fully saturated rings. The molecule has 0 saturated carbocycles. The minimum Gasteiger partial charge on any atom is -0.370 e. The van der Waals surface area contributed by atoms with Crippen molar-refractivity contribution in [2.75, 3.05) is 0 Å². The maximum Gasteiger partial charge on any atom is 0.297 e. The van der Waals surface area contributed by atoms with E-state index in [9.17, 15) is 10.1 Å². The largest absolute Gasteiger partial charge is 0.370 e. The van der Waals surface area contributed by atoms with E-state index in [1.54, 1.807) is 0 Å². The van der Waals surface area contributed by atoms with Gasteiger partial charge in [-0.25, -0.2) is 4.99 Å². The zero-order chi connectivity index (χ0) is 13.9. The van der Waals surface area contributed by atoms with E-state index in [4.69, 9.17) is 40.4 Å². The molecule has 0 heterocycles. The minimum absolute atomic E-state index is 0.0389. The van der Waals surface area contributed by atoms with Gasteiger partial charge in [0.25, 0.3) is 5.69 Å². The van der Waals surface area contributed by atoms with Crippen LogP contribution < -0.4 is 17.2 Å². The summed E-state index contributed by atoms with van der Waals surface area (Å²) in [6.07, 6.45) is 0. The van der Waals surface area contributed by atoms with E-state index >= 15 is 0 Å². The second-order valence-corrected chi connectivity index (χ2v) is 3.86. The summed E-state index contributed by atoms with van der Waals surface area (Å²) in [5.74, 6) is -0.689. The van der Waals surface area contributed by atoms with Gasteiger partial charge in [-0.15, -0.1) is 0 Å². The predicted octanol–water partition coefficient (Wildman–Crippen LogP) is 1.12. The van der Waals surface area contributed by atoms with Crippen LogP contribution in [0.15, 0.2) is 22.1 Å². The highest BCUT2D eigenvalue weighted by Gasteiger charge is 2.18. The molecule has 0 spiro atoms. The van der Waals surface area contributed by atoms with Crippen LogP contribution in [0.5, 0.6) is 0 Å². The molecule has 0 aliphatic rings. The second kappa shape index (κ2) is 5.52. The molecule has 1 rings (SSSR count). The van der Waals surface area contributed by atoms with E-state index in [0.717, 1.165) is 6.07 Å². The van der Waals surface area contributed by atoms with Crippen molar-refractivity contribution >= 4 is 46.5 Å². The number of nitrogens with zero attached hydrogens (tertiary/aromatic N) is 3. The molecule has 0 radical (unpaired) electrons. The van der Waals surface area contributed by atoms with Gasteiger partial charge in [-0.3, -0.25) is 10.1 Å². The maximum atomic E-state index is 10.8. The Hall–Kier alpha value is -2.06. The molecular formula is C8H8Cl2N6O2. The maximum absolute atomic E-state index is 10.8. The van der Waals surface area contributed by atoms with Gasteiger partial charge in [-0.1, -0.05) is 23.2 Å². The molecular weight excluding hydrogens is 283 g/mol. The van der Waals surface area contributed by atoms with Crippen molar-refractivity contribution in [3.8, 4) is 0 Å². The van der Waals surface area contributed by atoms with Crippen molar-refractivity contribution < 1.29 is 4.92 Å². The number of nitro groups is 1. The molecule has 10 heteroatoms. The molecule has 18 heavy (non-hydrogen) atoms. The summed E-state index contributed by atoms with van der Waals surface area (Å²) in [7, 11) is 0. The van der Waals surface area contributed by atoms with Crippen LogP contribution in [0.2, 0.25) is 10.0 Å². The zero-order valence-electron chi connectivity index (χ0n) is 8.80. The average Bonchev–Trinajstić information content (AvgIpc) is 2.20. The van der Waals surface area contributed by atoms with E-state index in [2.05, 4.69) is 9.98 Å². The van der Waals surface area contributed by atoms with E-state index in [0.29, 0.717) is 0 Å². The Morgan fingerprint density at radius 1 is 1.28 bits per heavy atom. The summed E-state index contributed by atoms with van der Waals surface area (Å²) in [6.45, 7) is 0. The number of hydrogen-bond acceptors (Lipinski definition) is 3. The molecule has 8 nitrogen and oxygen atoms in total. The SMILES string of the molecule is NC(N)=NC(N)=Nc1c(Cl)cc(Cl)cc1[N+](=O)[O-]. The highest BCUT2D eigenvalue weighted by Crippen LogP contribution is 2.37. The van der Waals surface area contributed by atoms with Gasteiger partial charge in [-0.05, 0) is 6.07 Å². The first kappa shape index (κ1) is 14.0. The molecule has 6 N–H and O–H groups in total. The van der Waals surface area contributed by atoms with Gasteiger partial charge in [0.05, 0.1) is 9.95 Å². The molecule has 0 bridgehead atoms. The number of hydrogen-bond donors (Lipinski definition) is 3. The first-order valence-corrected chi connectivity index (χ1v) is 5.14. The lowest BCUT2D eigenvalue weighted by Crippen LogP contribution is -2.26. The number of nitrogens with two attached hydrogens (primary N) is 3. The number of aliphatic imine (C=N–C) groups is 2. The molecule has 0 aliphatic heterocycles. The summed E-state index contributed by atoms with van der Waals surface area (Å²) >= 11 is 11.4. The van der Waals surface area contributed by atoms with Crippen LogP contribution in [-0.4, -0.2) is 16.8 Å². The van der Waals surface area contributed by atoms with Gasteiger partial charge in [0.15, 0.2) is 11.6 Å². The molecule has 0 amide bonds. The van der Waals surface area contributed by atoms with Gasteiger partial charge in [0.2, 0.25) is 5.96 Å². The lowest BCUT2D eigenvalue weighted by molar-refractivity contribution is -0.384. The molecule has 0 unspecified atom stereocenters. The van der Waals surface area contributed by atoms with Crippen molar-refractivity contribution in [2.24, 2.45) is 27.2 Å². The third kappa shape index (κ3) is 3.47. The Bertz CT molecular complexity index is 553. The van der Waals surface area contributed by atoms with Gasteiger partial charge in [0.1, 0.15) is 0 Å². The predicted molar refractivity (Wildman–Crippen MR) is 70.2 cm³/mol. The lowest BCUT2D eigenvalue weighted by Gasteiger charge is -2.02. The molecule has 0 aromatic heterocycles. The first-order chi connectivity index (χ1) is 8.31. The van der Waals surface area contributed by atoms with Crippen molar-refractivity contribution in [1.82, 2.24) is 0 Å². The van der Waals surface area contributed by atoms with Crippen molar-refractivity contribution in [2.45, 2.75) is 0 Å². The Morgan fingerprint density at radius 3 is 2.39 bits per heavy atom. The fraction of sp³-hybridized carbons (Fsp3) is 0. The van der Waals surface area contributed by atoms with Gasteiger partial charge in [-0.2, -0.15) is 4.99 Å². The summed E-state index contributed by atoms with van der Waals surface area (Å²) < 4.78 is 0. The number of halogens is 2. The van der Waals surface area contributed by atoms with Crippen LogP contribution in [0, 0.1) is 10.1 Å². The third-order valence-electron chi connectivity index (χ3n) is 1.67. The van der Waals surface area contributed by atoms with Gasteiger partial charge >= 0.3 is 0 Å². The van der Waals surface area contributed by atoms with Gasteiger partial charge < -0.3 is 17.2 Å². The van der Waals surface area contributed by atoms with Crippen LogP contribution in [0.4, 0.5) is 11.4 Å². The van der Waals surface area contributed by atoms with Crippen LogP contribution in [0.1, 0.15) is 0 Å². The highest BCUT2D eigenvalue weighted by molar-refractivity contribution is 6.37. The molecule has 0 aliphatic carbocycles. The smallest absolute Gasteiger partial charge is 0.297 e. The van der Waals surface area contributed by atoms with Gasteiger partial charge in [0, 0.05) is 11.1 Å². The normalized spacial score (nSPS) is 11.1. The Morgan fingerprint density at radius 2 is 1.89 bits per heavy atom. The fourth-order valence-electron chi connectivity index (χ4n) is 1.07. The monoisotopic (exact) mass is 290 g/mol. The standard InChI is InChI=1S/C8H8Cl2N6O2/c9-3-1-4(10)6(5(2-3)16(17)18)14-8(13)15-7(11)12/h1-2H,(H6,11,12,13,14,15). The molecule has 1 aromatic carbocycles. The van der Waals surface area contributed by atoms with Crippen LogP contribution in [-0.2, 0) is 0 Å². The van der Waals surface area contributed by atoms with E-state index < -0.39 is 10.6 Å². The lowest BCUT2D eigenvalue weighted by atomic mass is 10.3. The third-order valence-corrected chi connectivity index (χ3v) is 2.18.